The highest BCUT2D eigenvalue weighted by Crippen LogP contribution is 2.21. The van der Waals surface area contributed by atoms with Gasteiger partial charge in [0.15, 0.2) is 6.61 Å². The molecular weight excluding hydrogens is 400 g/mol. The number of ether oxygens (including phenoxy) is 1. The number of carbonyl (C=O) groups is 2. The summed E-state index contributed by atoms with van der Waals surface area (Å²) in [6, 6.07) is 19.9. The summed E-state index contributed by atoms with van der Waals surface area (Å²) in [5.41, 5.74) is 4.18. The molecule has 5 nitrogen and oxygen atoms in total. The van der Waals surface area contributed by atoms with Crippen LogP contribution in [0, 0.1) is 13.8 Å². The summed E-state index contributed by atoms with van der Waals surface area (Å²) in [5, 5.41) is 6.32. The van der Waals surface area contributed by atoms with E-state index in [0.29, 0.717) is 22.9 Å². The lowest BCUT2D eigenvalue weighted by atomic mass is 10.1. The molecule has 0 saturated carbocycles. The lowest BCUT2D eigenvalue weighted by Crippen LogP contribution is -2.28. The Hall–Kier alpha value is -3.31. The Morgan fingerprint density at radius 1 is 0.900 bits per heavy atom. The smallest absolute Gasteiger partial charge is 0.258 e. The van der Waals surface area contributed by atoms with Gasteiger partial charge in [0, 0.05) is 22.8 Å². The lowest BCUT2D eigenvalue weighted by Gasteiger charge is -2.12. The van der Waals surface area contributed by atoms with Crippen LogP contribution in [0.4, 0.5) is 5.69 Å². The fourth-order valence-corrected chi connectivity index (χ4v) is 3.14. The molecule has 2 amide bonds. The minimum Gasteiger partial charge on any atom is -0.484 e. The highest BCUT2D eigenvalue weighted by molar-refractivity contribution is 6.31. The molecule has 2 N–H and O–H groups in total. The van der Waals surface area contributed by atoms with Gasteiger partial charge in [0.1, 0.15) is 5.75 Å². The monoisotopic (exact) mass is 422 g/mol. The largest absolute Gasteiger partial charge is 0.484 e. The van der Waals surface area contributed by atoms with Crippen LogP contribution in [-0.4, -0.2) is 18.4 Å². The summed E-state index contributed by atoms with van der Waals surface area (Å²) < 4.78 is 5.50. The molecule has 0 atom stereocenters. The standard InChI is InChI=1S/C24H23ClN2O3/c1-16-6-5-7-17(2)23(16)27-24(29)18-10-12-20(13-11-18)30-15-22(28)26-14-19-8-3-4-9-21(19)25/h3-13H,14-15H2,1-2H3,(H,26,28)(H,27,29). The molecule has 3 aromatic rings. The van der Waals surface area contributed by atoms with Crippen LogP contribution >= 0.6 is 11.6 Å². The number of para-hydroxylation sites is 1. The number of halogens is 1. The third-order valence-corrected chi connectivity index (χ3v) is 5.01. The molecule has 6 heteroatoms. The van der Waals surface area contributed by atoms with Gasteiger partial charge in [-0.25, -0.2) is 0 Å². The Labute approximate surface area is 181 Å². The van der Waals surface area contributed by atoms with Gasteiger partial charge in [0.05, 0.1) is 0 Å². The molecule has 0 fully saturated rings. The second-order valence-electron chi connectivity index (χ2n) is 6.90. The normalized spacial score (nSPS) is 10.4. The molecule has 0 saturated heterocycles. The van der Waals surface area contributed by atoms with E-state index in [1.807, 2.05) is 50.2 Å². The predicted molar refractivity (Wildman–Crippen MR) is 119 cm³/mol. The summed E-state index contributed by atoms with van der Waals surface area (Å²) in [6.07, 6.45) is 0. The first-order valence-electron chi connectivity index (χ1n) is 9.54. The van der Waals surface area contributed by atoms with Crippen molar-refractivity contribution < 1.29 is 14.3 Å². The van der Waals surface area contributed by atoms with Crippen LogP contribution in [0.1, 0.15) is 27.0 Å². The van der Waals surface area contributed by atoms with Crippen molar-refractivity contribution in [3.05, 3.63) is 94.0 Å². The third kappa shape index (κ3) is 5.61. The molecule has 0 unspecified atom stereocenters. The van der Waals surface area contributed by atoms with Gasteiger partial charge in [0.2, 0.25) is 0 Å². The van der Waals surface area contributed by atoms with Gasteiger partial charge in [-0.15, -0.1) is 0 Å². The Morgan fingerprint density at radius 2 is 1.57 bits per heavy atom. The summed E-state index contributed by atoms with van der Waals surface area (Å²) in [6.45, 7) is 4.12. The van der Waals surface area contributed by atoms with Crippen molar-refractivity contribution in [2.24, 2.45) is 0 Å². The molecule has 3 aromatic carbocycles. The summed E-state index contributed by atoms with van der Waals surface area (Å²) in [4.78, 5) is 24.5. The van der Waals surface area contributed by atoms with Gasteiger partial charge in [-0.3, -0.25) is 9.59 Å². The first-order chi connectivity index (χ1) is 14.4. The van der Waals surface area contributed by atoms with Gasteiger partial charge in [0.25, 0.3) is 11.8 Å². The summed E-state index contributed by atoms with van der Waals surface area (Å²) in [7, 11) is 0. The van der Waals surface area contributed by atoms with Crippen molar-refractivity contribution in [3.63, 3.8) is 0 Å². The zero-order chi connectivity index (χ0) is 21.5. The molecule has 3 rings (SSSR count). The summed E-state index contributed by atoms with van der Waals surface area (Å²) in [5.74, 6) is 0.0507. The zero-order valence-electron chi connectivity index (χ0n) is 16.9. The number of benzene rings is 3. The minimum atomic E-state index is -0.258. The molecule has 0 bridgehead atoms. The van der Waals surface area contributed by atoms with Crippen molar-refractivity contribution in [2.45, 2.75) is 20.4 Å². The van der Waals surface area contributed by atoms with Gasteiger partial charge < -0.3 is 15.4 Å². The number of nitrogens with one attached hydrogen (secondary N) is 2. The van der Waals surface area contributed by atoms with Gasteiger partial charge in [-0.1, -0.05) is 48.0 Å². The number of anilines is 1. The molecule has 0 heterocycles. The van der Waals surface area contributed by atoms with Gasteiger partial charge in [-0.05, 0) is 60.9 Å². The number of rotatable bonds is 7. The average Bonchev–Trinajstić information content (AvgIpc) is 2.74. The predicted octanol–water partition coefficient (Wildman–Crippen LogP) is 4.90. The van der Waals surface area contributed by atoms with Crippen LogP contribution < -0.4 is 15.4 Å². The van der Waals surface area contributed by atoms with E-state index in [1.54, 1.807) is 30.3 Å². The minimum absolute atomic E-state index is 0.127. The maximum absolute atomic E-state index is 12.5. The van der Waals surface area contributed by atoms with E-state index in [1.165, 1.54) is 0 Å². The quantitative estimate of drug-likeness (QED) is 0.568. The number of aryl methyl sites for hydroxylation is 2. The van der Waals surface area contributed by atoms with E-state index in [0.717, 1.165) is 22.4 Å². The van der Waals surface area contributed by atoms with E-state index in [-0.39, 0.29) is 18.4 Å². The topological polar surface area (TPSA) is 67.4 Å². The van der Waals surface area contributed by atoms with Crippen LogP contribution in [0.25, 0.3) is 0 Å². The molecule has 0 aliphatic heterocycles. The Bertz CT molecular complexity index is 1030. The van der Waals surface area contributed by atoms with Crippen LogP contribution in [0.2, 0.25) is 5.02 Å². The van der Waals surface area contributed by atoms with Gasteiger partial charge >= 0.3 is 0 Å². The van der Waals surface area contributed by atoms with E-state index < -0.39 is 0 Å². The first-order valence-corrected chi connectivity index (χ1v) is 9.92. The van der Waals surface area contributed by atoms with Crippen molar-refractivity contribution >= 4 is 29.1 Å². The highest BCUT2D eigenvalue weighted by atomic mass is 35.5. The highest BCUT2D eigenvalue weighted by Gasteiger charge is 2.10. The maximum Gasteiger partial charge on any atom is 0.258 e. The van der Waals surface area contributed by atoms with E-state index in [9.17, 15) is 9.59 Å². The van der Waals surface area contributed by atoms with Crippen LogP contribution in [-0.2, 0) is 11.3 Å². The molecule has 0 aliphatic carbocycles. The summed E-state index contributed by atoms with van der Waals surface area (Å²) >= 11 is 6.07. The van der Waals surface area contributed by atoms with Crippen molar-refractivity contribution in [2.75, 3.05) is 11.9 Å². The van der Waals surface area contributed by atoms with Crippen LogP contribution in [0.15, 0.2) is 66.7 Å². The van der Waals surface area contributed by atoms with Crippen LogP contribution in [0.3, 0.4) is 0 Å². The molecule has 0 aromatic heterocycles. The Morgan fingerprint density at radius 3 is 2.23 bits per heavy atom. The Balaban J connectivity index is 1.51. The molecule has 30 heavy (non-hydrogen) atoms. The van der Waals surface area contributed by atoms with Crippen molar-refractivity contribution in [1.29, 1.82) is 0 Å². The fourth-order valence-electron chi connectivity index (χ4n) is 2.94. The third-order valence-electron chi connectivity index (χ3n) is 4.64. The maximum atomic E-state index is 12.5. The molecular formula is C24H23ClN2O3. The number of carbonyl (C=O) groups excluding carboxylic acids is 2. The molecule has 0 radical (unpaired) electrons. The number of amides is 2. The van der Waals surface area contributed by atoms with Gasteiger partial charge in [-0.2, -0.15) is 0 Å². The first kappa shape index (κ1) is 21.4. The van der Waals surface area contributed by atoms with E-state index in [2.05, 4.69) is 10.6 Å². The Kier molecular flexibility index (Phi) is 7.09. The van der Waals surface area contributed by atoms with E-state index >= 15 is 0 Å². The second kappa shape index (κ2) is 9.94. The number of hydrogen-bond donors (Lipinski definition) is 2. The lowest BCUT2D eigenvalue weighted by molar-refractivity contribution is -0.123. The SMILES string of the molecule is Cc1cccc(C)c1NC(=O)c1ccc(OCC(=O)NCc2ccccc2Cl)cc1. The van der Waals surface area contributed by atoms with Crippen molar-refractivity contribution in [1.82, 2.24) is 5.32 Å². The van der Waals surface area contributed by atoms with E-state index in [4.69, 9.17) is 16.3 Å². The number of hydrogen-bond acceptors (Lipinski definition) is 3. The zero-order valence-corrected chi connectivity index (χ0v) is 17.6. The molecule has 154 valence electrons. The van der Waals surface area contributed by atoms with Crippen molar-refractivity contribution in [3.8, 4) is 5.75 Å². The molecule has 0 aliphatic rings. The fraction of sp³-hybridized carbons (Fsp3) is 0.167. The molecule has 0 spiro atoms. The van der Waals surface area contributed by atoms with Crippen LogP contribution in [0.5, 0.6) is 5.75 Å². The second-order valence-corrected chi connectivity index (χ2v) is 7.31. The average molecular weight is 423 g/mol.